The number of pyridine rings is 1. The number of aliphatic hydroxyl groups is 1. The summed E-state index contributed by atoms with van der Waals surface area (Å²) in [6.45, 7) is 2.88. The number of nitrogens with two attached hydrogens (primary N) is 1. The lowest BCUT2D eigenvalue weighted by Crippen LogP contribution is -2.31. The lowest BCUT2D eigenvalue weighted by Gasteiger charge is -2.34. The zero-order valence-electron chi connectivity index (χ0n) is 16.2. The summed E-state index contributed by atoms with van der Waals surface area (Å²) >= 11 is 0. The lowest BCUT2D eigenvalue weighted by molar-refractivity contribution is -0.139. The van der Waals surface area contributed by atoms with Crippen molar-refractivity contribution >= 4 is 17.5 Å². The van der Waals surface area contributed by atoms with Crippen LogP contribution < -0.4 is 10.6 Å². The quantitative estimate of drug-likeness (QED) is 0.774. The number of nitrogens with zero attached hydrogens (tertiary/aromatic N) is 2. The van der Waals surface area contributed by atoms with Gasteiger partial charge in [0.05, 0.1) is 31.1 Å². The Labute approximate surface area is 168 Å². The van der Waals surface area contributed by atoms with Gasteiger partial charge in [0.1, 0.15) is 11.9 Å². The number of aliphatic hydroxyl groups excluding tert-OH is 1. The van der Waals surface area contributed by atoms with Crippen molar-refractivity contribution in [2.45, 2.75) is 45.1 Å². The SMILES string of the molecule is CCOC(=O)C1=CN(C2CC2)c2c(ccc3c2COCc2cc(N)ncc2-3)C1O. The number of carbonyl (C=O) groups excluding carboxylic acids is 1. The Balaban J connectivity index is 1.68. The number of esters is 1. The smallest absolute Gasteiger partial charge is 0.338 e. The molecule has 5 rings (SSSR count). The number of ether oxygens (including phenoxy) is 2. The van der Waals surface area contributed by atoms with E-state index in [1.165, 1.54) is 0 Å². The fraction of sp³-hybridized carbons (Fsp3) is 0.364. The molecule has 3 N–H and O–H groups in total. The first-order valence-electron chi connectivity index (χ1n) is 9.92. The summed E-state index contributed by atoms with van der Waals surface area (Å²) in [5.74, 6) is -0.0154. The number of hydrogen-bond donors (Lipinski definition) is 2. The summed E-state index contributed by atoms with van der Waals surface area (Å²) in [5, 5.41) is 11.0. The molecule has 1 atom stereocenters. The zero-order chi connectivity index (χ0) is 20.1. The van der Waals surface area contributed by atoms with Gasteiger partial charge in [-0.2, -0.15) is 0 Å². The predicted molar refractivity (Wildman–Crippen MR) is 108 cm³/mol. The highest BCUT2D eigenvalue weighted by molar-refractivity contribution is 5.93. The van der Waals surface area contributed by atoms with E-state index in [0.29, 0.717) is 30.6 Å². The minimum absolute atomic E-state index is 0.268. The Morgan fingerprint density at radius 3 is 2.93 bits per heavy atom. The van der Waals surface area contributed by atoms with Gasteiger partial charge in [-0.15, -0.1) is 0 Å². The minimum atomic E-state index is -1.03. The molecule has 7 nitrogen and oxygen atoms in total. The second kappa shape index (κ2) is 6.86. The maximum absolute atomic E-state index is 12.4. The Bertz CT molecular complexity index is 1030. The van der Waals surface area contributed by atoms with Gasteiger partial charge in [0, 0.05) is 35.1 Å². The van der Waals surface area contributed by atoms with Crippen LogP contribution >= 0.6 is 0 Å². The van der Waals surface area contributed by atoms with E-state index in [4.69, 9.17) is 15.2 Å². The second-order valence-corrected chi connectivity index (χ2v) is 7.63. The largest absolute Gasteiger partial charge is 0.463 e. The van der Waals surface area contributed by atoms with Gasteiger partial charge in [-0.05, 0) is 37.0 Å². The van der Waals surface area contributed by atoms with Crippen LogP contribution in [0.4, 0.5) is 11.5 Å². The van der Waals surface area contributed by atoms with E-state index in [0.717, 1.165) is 40.8 Å². The number of benzene rings is 1. The number of nitrogen functional groups attached to an aromatic ring is 1. The monoisotopic (exact) mass is 393 g/mol. The Morgan fingerprint density at radius 1 is 1.34 bits per heavy atom. The van der Waals surface area contributed by atoms with Crippen molar-refractivity contribution in [2.24, 2.45) is 0 Å². The van der Waals surface area contributed by atoms with Crippen molar-refractivity contribution in [3.8, 4) is 11.1 Å². The molecular formula is C22H23N3O4. The summed E-state index contributed by atoms with van der Waals surface area (Å²) in [4.78, 5) is 18.8. The topological polar surface area (TPSA) is 97.9 Å². The van der Waals surface area contributed by atoms with Gasteiger partial charge in [-0.1, -0.05) is 12.1 Å². The molecule has 29 heavy (non-hydrogen) atoms. The first-order chi connectivity index (χ1) is 14.1. The standard InChI is InChI=1S/C22H23N3O4/c1-2-29-22(27)17-9-25(13-3-4-13)20-15(21(17)26)6-5-14-16-8-24-19(23)7-12(16)10-28-11-18(14)20/h5-9,13,21,26H,2-4,10-11H2,1H3,(H2,23,24). The first-order valence-corrected chi connectivity index (χ1v) is 9.92. The van der Waals surface area contributed by atoms with Gasteiger partial charge in [0.2, 0.25) is 0 Å². The second-order valence-electron chi connectivity index (χ2n) is 7.63. The third-order valence-corrected chi connectivity index (χ3v) is 5.70. The fourth-order valence-electron chi connectivity index (χ4n) is 4.19. The van der Waals surface area contributed by atoms with Gasteiger partial charge in [0.25, 0.3) is 0 Å². The third-order valence-electron chi connectivity index (χ3n) is 5.70. The molecular weight excluding hydrogens is 370 g/mol. The molecule has 1 unspecified atom stereocenters. The summed E-state index contributed by atoms with van der Waals surface area (Å²) in [5.41, 5.74) is 11.8. The highest BCUT2D eigenvalue weighted by Crippen LogP contribution is 2.48. The van der Waals surface area contributed by atoms with Crippen molar-refractivity contribution in [3.63, 3.8) is 0 Å². The summed E-state index contributed by atoms with van der Waals surface area (Å²) in [6, 6.07) is 6.02. The van der Waals surface area contributed by atoms with Gasteiger partial charge < -0.3 is 25.2 Å². The highest BCUT2D eigenvalue weighted by atomic mass is 16.5. The van der Waals surface area contributed by atoms with E-state index in [-0.39, 0.29) is 12.2 Å². The van der Waals surface area contributed by atoms with Crippen LogP contribution in [0.1, 0.15) is 42.6 Å². The van der Waals surface area contributed by atoms with Crippen molar-refractivity contribution in [2.75, 3.05) is 17.2 Å². The van der Waals surface area contributed by atoms with E-state index in [1.54, 1.807) is 19.3 Å². The fourth-order valence-corrected chi connectivity index (χ4v) is 4.19. The third kappa shape index (κ3) is 2.97. The van der Waals surface area contributed by atoms with Gasteiger partial charge in [-0.25, -0.2) is 9.78 Å². The predicted octanol–water partition coefficient (Wildman–Crippen LogP) is 2.82. The average molecular weight is 393 g/mol. The summed E-state index contributed by atoms with van der Waals surface area (Å²) < 4.78 is 11.1. The molecule has 2 aliphatic heterocycles. The van der Waals surface area contributed by atoms with Crippen molar-refractivity contribution in [1.82, 2.24) is 4.98 Å². The van der Waals surface area contributed by atoms with Crippen molar-refractivity contribution < 1.29 is 19.4 Å². The molecule has 150 valence electrons. The molecule has 1 aromatic carbocycles. The van der Waals surface area contributed by atoms with Gasteiger partial charge >= 0.3 is 5.97 Å². The molecule has 1 aliphatic carbocycles. The van der Waals surface area contributed by atoms with Crippen LogP contribution in [0.5, 0.6) is 0 Å². The van der Waals surface area contributed by atoms with Crippen LogP contribution in [0.2, 0.25) is 0 Å². The Hall–Kier alpha value is -2.90. The average Bonchev–Trinajstić information content (AvgIpc) is 3.54. The molecule has 1 aromatic heterocycles. The molecule has 7 heteroatoms. The maximum atomic E-state index is 12.4. The molecule has 2 aromatic rings. The van der Waals surface area contributed by atoms with Crippen molar-refractivity contribution in [3.05, 3.63) is 52.9 Å². The normalized spacial score (nSPS) is 20.1. The minimum Gasteiger partial charge on any atom is -0.463 e. The maximum Gasteiger partial charge on any atom is 0.338 e. The van der Waals surface area contributed by atoms with Crippen LogP contribution in [0.25, 0.3) is 11.1 Å². The summed E-state index contributed by atoms with van der Waals surface area (Å²) in [7, 11) is 0. The number of hydrogen-bond acceptors (Lipinski definition) is 7. The Kier molecular flexibility index (Phi) is 4.29. The molecule has 0 spiro atoms. The van der Waals surface area contributed by atoms with E-state index < -0.39 is 12.1 Å². The highest BCUT2D eigenvalue weighted by Gasteiger charge is 2.39. The number of aromatic nitrogens is 1. The lowest BCUT2D eigenvalue weighted by atomic mass is 9.88. The number of fused-ring (bicyclic) bond motifs is 5. The Morgan fingerprint density at radius 2 is 2.17 bits per heavy atom. The van der Waals surface area contributed by atoms with Crippen LogP contribution in [0.3, 0.4) is 0 Å². The van der Waals surface area contributed by atoms with Crippen molar-refractivity contribution in [1.29, 1.82) is 0 Å². The molecule has 0 saturated heterocycles. The molecule has 3 aliphatic rings. The molecule has 1 fully saturated rings. The number of anilines is 2. The van der Waals surface area contributed by atoms with E-state index in [9.17, 15) is 9.90 Å². The molecule has 3 heterocycles. The zero-order valence-corrected chi connectivity index (χ0v) is 16.2. The first kappa shape index (κ1) is 18.1. The van der Waals surface area contributed by atoms with E-state index in [1.807, 2.05) is 18.2 Å². The molecule has 0 radical (unpaired) electrons. The van der Waals surface area contributed by atoms with Crippen LogP contribution in [0, 0.1) is 0 Å². The number of rotatable bonds is 3. The van der Waals surface area contributed by atoms with E-state index in [2.05, 4.69) is 9.88 Å². The van der Waals surface area contributed by atoms with Gasteiger partial charge in [0.15, 0.2) is 0 Å². The molecule has 1 saturated carbocycles. The van der Waals surface area contributed by atoms with Crippen LogP contribution in [0.15, 0.2) is 36.2 Å². The molecule has 0 amide bonds. The van der Waals surface area contributed by atoms with Gasteiger partial charge in [-0.3, -0.25) is 0 Å². The van der Waals surface area contributed by atoms with Crippen LogP contribution in [-0.2, 0) is 27.5 Å². The van der Waals surface area contributed by atoms with Crippen LogP contribution in [-0.4, -0.2) is 28.7 Å². The number of carbonyl (C=O) groups is 1. The molecule has 0 bridgehead atoms. The summed E-state index contributed by atoms with van der Waals surface area (Å²) in [6.07, 6.45) is 4.60. The van der Waals surface area contributed by atoms with E-state index >= 15 is 0 Å².